The maximum absolute atomic E-state index is 11.5. The number of carboxylic acid groups (broad SMARTS) is 1. The van der Waals surface area contributed by atoms with Crippen LogP contribution in [-0.2, 0) is 5.54 Å². The minimum absolute atomic E-state index is 0.254. The number of rotatable bonds is 1. The van der Waals surface area contributed by atoms with Gasteiger partial charge in [0, 0.05) is 21.0 Å². The Balaban J connectivity index is 1.81. The molecule has 1 fully saturated rings. The Morgan fingerprint density at radius 2 is 1.86 bits per heavy atom. The van der Waals surface area contributed by atoms with Crippen molar-refractivity contribution >= 4 is 34.7 Å². The Kier molecular flexibility index (Phi) is 3.88. The first kappa shape index (κ1) is 18.3. The quantitative estimate of drug-likeness (QED) is 0.637. The maximum Gasteiger partial charge on any atom is 0.407 e. The molecule has 4 heterocycles. The molecule has 1 aromatic carbocycles. The molecule has 9 heteroatoms. The van der Waals surface area contributed by atoms with Gasteiger partial charge in [0.1, 0.15) is 10.8 Å². The van der Waals surface area contributed by atoms with Gasteiger partial charge in [-0.05, 0) is 38.5 Å². The Hall–Kier alpha value is -2.71. The van der Waals surface area contributed by atoms with Crippen LogP contribution in [0.25, 0.3) is 5.00 Å². The molecule has 3 aromatic rings. The van der Waals surface area contributed by atoms with Crippen molar-refractivity contribution in [2.45, 2.75) is 26.3 Å². The number of halogens is 1. The van der Waals surface area contributed by atoms with Gasteiger partial charge in [-0.15, -0.1) is 21.5 Å². The van der Waals surface area contributed by atoms with E-state index < -0.39 is 11.6 Å². The van der Waals surface area contributed by atoms with E-state index in [1.165, 1.54) is 9.78 Å². The lowest BCUT2D eigenvalue weighted by atomic mass is 9.89. The SMILES string of the molecule is Cc1sc2c(c1C)C(c1ccc(Cl)cc1)=NC1(CN(C(=O)O)C1)c1nnc(C)n1-2. The summed E-state index contributed by atoms with van der Waals surface area (Å²) in [6.45, 7) is 6.62. The predicted octanol–water partition coefficient (Wildman–Crippen LogP) is 3.95. The molecular formula is C20H18ClN5O2S. The van der Waals surface area contributed by atoms with Gasteiger partial charge in [-0.3, -0.25) is 9.56 Å². The average molecular weight is 428 g/mol. The van der Waals surface area contributed by atoms with Gasteiger partial charge >= 0.3 is 6.09 Å². The van der Waals surface area contributed by atoms with Gasteiger partial charge in [0.15, 0.2) is 11.4 Å². The summed E-state index contributed by atoms with van der Waals surface area (Å²) in [5, 5.41) is 19.8. The summed E-state index contributed by atoms with van der Waals surface area (Å²) in [6.07, 6.45) is -0.951. The minimum Gasteiger partial charge on any atom is -0.465 e. The van der Waals surface area contributed by atoms with Crippen molar-refractivity contribution in [1.82, 2.24) is 19.7 Å². The van der Waals surface area contributed by atoms with E-state index >= 15 is 0 Å². The highest BCUT2D eigenvalue weighted by Crippen LogP contribution is 2.44. The zero-order valence-electron chi connectivity index (χ0n) is 16.1. The first-order valence-electron chi connectivity index (χ1n) is 9.17. The number of aliphatic imine (C=N–C) groups is 1. The third kappa shape index (κ3) is 2.55. The highest BCUT2D eigenvalue weighted by Gasteiger charge is 2.52. The van der Waals surface area contributed by atoms with Crippen LogP contribution in [0.15, 0.2) is 29.3 Å². The summed E-state index contributed by atoms with van der Waals surface area (Å²) in [4.78, 5) is 19.2. The van der Waals surface area contributed by atoms with E-state index in [1.54, 1.807) is 11.3 Å². The standard InChI is InChI=1S/C20H18ClN5O2S/c1-10-11(2)29-17-15(10)16(13-4-6-14(21)7-5-13)22-20(8-25(9-20)19(27)28)18-24-23-12(3)26(17)18/h4-7H,8-9H2,1-3H3,(H,27,28). The molecule has 1 spiro atoms. The van der Waals surface area contributed by atoms with Crippen LogP contribution in [0.2, 0.25) is 5.02 Å². The van der Waals surface area contributed by atoms with Crippen LogP contribution in [0.3, 0.4) is 0 Å². The smallest absolute Gasteiger partial charge is 0.407 e. The Bertz CT molecular complexity index is 1190. The summed E-state index contributed by atoms with van der Waals surface area (Å²) >= 11 is 7.79. The van der Waals surface area contributed by atoms with Gasteiger partial charge in [0.05, 0.1) is 18.8 Å². The lowest BCUT2D eigenvalue weighted by Crippen LogP contribution is -2.61. The Morgan fingerprint density at radius 3 is 2.52 bits per heavy atom. The summed E-state index contributed by atoms with van der Waals surface area (Å²) in [5.41, 5.74) is 3.23. The number of aromatic nitrogens is 3. The largest absolute Gasteiger partial charge is 0.465 e. The topological polar surface area (TPSA) is 83.6 Å². The number of likely N-dealkylation sites (tertiary alicyclic amines) is 1. The number of hydrogen-bond donors (Lipinski definition) is 1. The molecule has 1 saturated heterocycles. The molecule has 0 aliphatic carbocycles. The van der Waals surface area contributed by atoms with Crippen molar-refractivity contribution in [3.05, 3.63) is 62.5 Å². The Labute approximate surface area is 176 Å². The Morgan fingerprint density at radius 1 is 1.17 bits per heavy atom. The fraction of sp³-hybridized carbons (Fsp3) is 0.300. The molecule has 0 radical (unpaired) electrons. The third-order valence-electron chi connectivity index (χ3n) is 5.67. The summed E-state index contributed by atoms with van der Waals surface area (Å²) < 4.78 is 2.05. The first-order chi connectivity index (χ1) is 13.8. The molecule has 2 aromatic heterocycles. The molecule has 0 bridgehead atoms. The van der Waals surface area contributed by atoms with Crippen LogP contribution in [0.1, 0.15) is 33.2 Å². The fourth-order valence-electron chi connectivity index (χ4n) is 4.02. The number of hydrogen-bond acceptors (Lipinski definition) is 5. The molecule has 2 aliphatic rings. The highest BCUT2D eigenvalue weighted by molar-refractivity contribution is 7.15. The van der Waals surface area contributed by atoms with Crippen LogP contribution >= 0.6 is 22.9 Å². The monoisotopic (exact) mass is 427 g/mol. The van der Waals surface area contributed by atoms with Crippen LogP contribution in [0.4, 0.5) is 4.79 Å². The van der Waals surface area contributed by atoms with Gasteiger partial charge in [-0.1, -0.05) is 23.7 Å². The number of carbonyl (C=O) groups is 1. The first-order valence-corrected chi connectivity index (χ1v) is 10.4. The van der Waals surface area contributed by atoms with E-state index in [0.717, 1.165) is 33.2 Å². The number of aryl methyl sites for hydroxylation is 2. The second kappa shape index (κ2) is 6.14. The average Bonchev–Trinajstić information content (AvgIpc) is 3.12. The summed E-state index contributed by atoms with van der Waals surface area (Å²) in [5.74, 6) is 1.46. The van der Waals surface area contributed by atoms with E-state index in [0.29, 0.717) is 10.8 Å². The van der Waals surface area contributed by atoms with E-state index in [1.807, 2.05) is 35.8 Å². The number of benzene rings is 1. The molecule has 148 valence electrons. The molecule has 7 nitrogen and oxygen atoms in total. The van der Waals surface area contributed by atoms with Gasteiger partial charge in [0.2, 0.25) is 0 Å². The normalized spacial score (nSPS) is 16.7. The van der Waals surface area contributed by atoms with Gasteiger partial charge < -0.3 is 10.0 Å². The van der Waals surface area contributed by atoms with Gasteiger partial charge in [-0.25, -0.2) is 4.79 Å². The number of thiophene rings is 1. The van der Waals surface area contributed by atoms with Crippen LogP contribution in [0, 0.1) is 20.8 Å². The van der Waals surface area contributed by atoms with Crippen molar-refractivity contribution in [1.29, 1.82) is 0 Å². The fourth-order valence-corrected chi connectivity index (χ4v) is 5.35. The summed E-state index contributed by atoms with van der Waals surface area (Å²) in [7, 11) is 0. The lowest BCUT2D eigenvalue weighted by Gasteiger charge is -2.44. The second-order valence-corrected chi connectivity index (χ2v) is 9.15. The predicted molar refractivity (Wildman–Crippen MR) is 112 cm³/mol. The number of amides is 1. The van der Waals surface area contributed by atoms with Crippen molar-refractivity contribution < 1.29 is 9.90 Å². The molecular weight excluding hydrogens is 410 g/mol. The summed E-state index contributed by atoms with van der Waals surface area (Å²) in [6, 6.07) is 7.61. The van der Waals surface area contributed by atoms with E-state index in [9.17, 15) is 9.90 Å². The number of nitrogens with zero attached hydrogens (tertiary/aromatic N) is 5. The molecule has 1 N–H and O–H groups in total. The van der Waals surface area contributed by atoms with Crippen molar-refractivity contribution in [2.24, 2.45) is 4.99 Å². The molecule has 5 rings (SSSR count). The molecule has 0 unspecified atom stereocenters. The van der Waals surface area contributed by atoms with Crippen molar-refractivity contribution in [3.63, 3.8) is 0 Å². The van der Waals surface area contributed by atoms with Crippen molar-refractivity contribution in [3.8, 4) is 5.00 Å². The van der Waals surface area contributed by atoms with Gasteiger partial charge in [-0.2, -0.15) is 0 Å². The van der Waals surface area contributed by atoms with E-state index in [2.05, 4.69) is 24.0 Å². The highest BCUT2D eigenvalue weighted by atomic mass is 35.5. The van der Waals surface area contributed by atoms with Crippen molar-refractivity contribution in [2.75, 3.05) is 13.1 Å². The molecule has 29 heavy (non-hydrogen) atoms. The third-order valence-corrected chi connectivity index (χ3v) is 7.11. The van der Waals surface area contributed by atoms with Crippen LogP contribution in [0.5, 0.6) is 0 Å². The lowest BCUT2D eigenvalue weighted by molar-refractivity contribution is 0.0590. The van der Waals surface area contributed by atoms with E-state index in [4.69, 9.17) is 16.6 Å². The van der Waals surface area contributed by atoms with E-state index in [-0.39, 0.29) is 13.1 Å². The van der Waals surface area contributed by atoms with Crippen LogP contribution in [-0.4, -0.2) is 49.7 Å². The van der Waals surface area contributed by atoms with Gasteiger partial charge in [0.25, 0.3) is 0 Å². The maximum atomic E-state index is 11.5. The zero-order valence-corrected chi connectivity index (χ0v) is 17.7. The second-order valence-electron chi connectivity index (χ2n) is 7.51. The zero-order chi connectivity index (χ0) is 20.5. The molecule has 2 aliphatic heterocycles. The molecule has 0 saturated carbocycles. The molecule has 1 amide bonds. The van der Waals surface area contributed by atoms with Crippen LogP contribution < -0.4 is 0 Å². The minimum atomic E-state index is -0.951. The number of fused-ring (bicyclic) bond motifs is 4. The molecule has 0 atom stereocenters.